The lowest BCUT2D eigenvalue weighted by Crippen LogP contribution is -2.27. The molecule has 3 heterocycles. The Hall–Kier alpha value is -3.82. The van der Waals surface area contributed by atoms with Gasteiger partial charge in [0.05, 0.1) is 46.7 Å². The van der Waals surface area contributed by atoms with Crippen LogP contribution in [0.5, 0.6) is 0 Å². The Morgan fingerprint density at radius 1 is 1.08 bits per heavy atom. The van der Waals surface area contributed by atoms with Gasteiger partial charge in [0, 0.05) is 57.0 Å². The van der Waals surface area contributed by atoms with E-state index >= 15 is 0 Å². The topological polar surface area (TPSA) is 97.2 Å². The van der Waals surface area contributed by atoms with Gasteiger partial charge in [-0.2, -0.15) is 5.10 Å². The van der Waals surface area contributed by atoms with Crippen LogP contribution in [0.1, 0.15) is 46.7 Å². The predicted molar refractivity (Wildman–Crippen MR) is 156 cm³/mol. The molecule has 0 aliphatic heterocycles. The van der Waals surface area contributed by atoms with Crippen molar-refractivity contribution < 1.29 is 9.53 Å². The van der Waals surface area contributed by atoms with E-state index in [-0.39, 0.29) is 5.91 Å². The van der Waals surface area contributed by atoms with Gasteiger partial charge in [-0.15, -0.1) is 0 Å². The number of nitrogens with one attached hydrogen (secondary N) is 2. The molecule has 4 aromatic rings. The second-order valence-corrected chi connectivity index (χ2v) is 9.65. The average molecular weight is 530 g/mol. The van der Waals surface area contributed by atoms with Crippen molar-refractivity contribution in [3.05, 3.63) is 70.7 Å². The van der Waals surface area contributed by atoms with Crippen LogP contribution in [0.4, 0.5) is 5.69 Å². The van der Waals surface area contributed by atoms with Crippen LogP contribution in [0.2, 0.25) is 0 Å². The van der Waals surface area contributed by atoms with Crippen LogP contribution in [0.3, 0.4) is 0 Å². The molecule has 206 valence electrons. The van der Waals surface area contributed by atoms with Gasteiger partial charge >= 0.3 is 0 Å². The number of aryl methyl sites for hydroxylation is 2. The molecular formula is C30H39N7O2. The van der Waals surface area contributed by atoms with Crippen LogP contribution in [-0.4, -0.2) is 64.9 Å². The normalized spacial score (nSPS) is 11.2. The molecule has 0 saturated carbocycles. The number of benzene rings is 1. The molecule has 9 heteroatoms. The van der Waals surface area contributed by atoms with Gasteiger partial charge in [-0.3, -0.25) is 9.48 Å². The molecule has 0 aliphatic rings. The summed E-state index contributed by atoms with van der Waals surface area (Å²) in [4.78, 5) is 25.5. The lowest BCUT2D eigenvalue weighted by Gasteiger charge is -2.19. The highest BCUT2D eigenvalue weighted by molar-refractivity contribution is 6.07. The molecule has 4 rings (SSSR count). The zero-order valence-electron chi connectivity index (χ0n) is 23.8. The Morgan fingerprint density at radius 2 is 1.90 bits per heavy atom. The first-order chi connectivity index (χ1) is 18.9. The number of hydrogen-bond donors (Lipinski definition) is 2. The van der Waals surface area contributed by atoms with Crippen LogP contribution in [-0.2, 0) is 30.9 Å². The first-order valence-corrected chi connectivity index (χ1v) is 13.5. The third-order valence-corrected chi connectivity index (χ3v) is 6.94. The Bertz CT molecular complexity index is 1450. The van der Waals surface area contributed by atoms with Crippen molar-refractivity contribution in [1.82, 2.24) is 30.0 Å². The minimum Gasteiger partial charge on any atom is -0.382 e. The SMILES string of the molecule is CCc1nc(-c2cc(C(=O)N(C)Cc3cnn(CC)c3C)c3cc(COC)ccc3n2)ccc1NCCNC. The molecule has 0 aliphatic carbocycles. The van der Waals surface area contributed by atoms with E-state index in [9.17, 15) is 4.79 Å². The number of carbonyl (C=O) groups is 1. The predicted octanol–water partition coefficient (Wildman–Crippen LogP) is 4.43. The summed E-state index contributed by atoms with van der Waals surface area (Å²) in [7, 11) is 5.43. The third kappa shape index (κ3) is 6.26. The lowest BCUT2D eigenvalue weighted by molar-refractivity contribution is 0.0787. The number of methoxy groups -OCH3 is 1. The highest BCUT2D eigenvalue weighted by Crippen LogP contribution is 2.28. The van der Waals surface area contributed by atoms with Crippen molar-refractivity contribution in [1.29, 1.82) is 0 Å². The summed E-state index contributed by atoms with van der Waals surface area (Å²) in [6.07, 6.45) is 2.63. The van der Waals surface area contributed by atoms with Crippen LogP contribution < -0.4 is 10.6 Å². The van der Waals surface area contributed by atoms with E-state index in [2.05, 4.69) is 29.6 Å². The third-order valence-electron chi connectivity index (χ3n) is 6.94. The molecule has 0 atom stereocenters. The van der Waals surface area contributed by atoms with Gasteiger partial charge in [0.1, 0.15) is 0 Å². The van der Waals surface area contributed by atoms with E-state index in [1.165, 1.54) is 0 Å². The van der Waals surface area contributed by atoms with Gasteiger partial charge in [0.15, 0.2) is 0 Å². The fraction of sp³-hybridized carbons (Fsp3) is 0.400. The van der Waals surface area contributed by atoms with E-state index in [0.717, 1.165) is 70.9 Å². The second-order valence-electron chi connectivity index (χ2n) is 9.65. The molecule has 0 saturated heterocycles. The molecule has 2 N–H and O–H groups in total. The van der Waals surface area contributed by atoms with Crippen LogP contribution in [0, 0.1) is 6.92 Å². The fourth-order valence-corrected chi connectivity index (χ4v) is 4.73. The smallest absolute Gasteiger partial charge is 0.254 e. The molecule has 0 radical (unpaired) electrons. The number of fused-ring (bicyclic) bond motifs is 1. The van der Waals surface area contributed by atoms with Crippen molar-refractivity contribution in [3.8, 4) is 11.4 Å². The summed E-state index contributed by atoms with van der Waals surface area (Å²) >= 11 is 0. The molecule has 39 heavy (non-hydrogen) atoms. The van der Waals surface area contributed by atoms with Crippen molar-refractivity contribution in [2.24, 2.45) is 0 Å². The van der Waals surface area contributed by atoms with Crippen molar-refractivity contribution in [2.75, 3.05) is 39.6 Å². The summed E-state index contributed by atoms with van der Waals surface area (Å²) in [6, 6.07) is 11.8. The zero-order chi connectivity index (χ0) is 27.9. The Morgan fingerprint density at radius 3 is 2.59 bits per heavy atom. The molecule has 0 bridgehead atoms. The summed E-state index contributed by atoms with van der Waals surface area (Å²) in [5, 5.41) is 11.8. The number of rotatable bonds is 12. The maximum atomic E-state index is 13.9. The Kier molecular flexibility index (Phi) is 9.27. The largest absolute Gasteiger partial charge is 0.382 e. The molecular weight excluding hydrogens is 490 g/mol. The average Bonchev–Trinajstić information content (AvgIpc) is 3.31. The zero-order valence-corrected chi connectivity index (χ0v) is 23.8. The molecule has 9 nitrogen and oxygen atoms in total. The van der Waals surface area contributed by atoms with Crippen molar-refractivity contribution in [3.63, 3.8) is 0 Å². The first-order valence-electron chi connectivity index (χ1n) is 13.5. The van der Waals surface area contributed by atoms with E-state index in [0.29, 0.717) is 24.4 Å². The van der Waals surface area contributed by atoms with Gasteiger partial charge in [-0.05, 0) is 63.2 Å². The monoisotopic (exact) mass is 529 g/mol. The molecule has 0 fully saturated rings. The number of pyridine rings is 2. The number of nitrogens with zero attached hydrogens (tertiary/aromatic N) is 5. The molecule has 1 amide bonds. The number of aromatic nitrogens is 4. The van der Waals surface area contributed by atoms with Gasteiger partial charge in [-0.25, -0.2) is 9.97 Å². The number of likely N-dealkylation sites (N-methyl/N-ethyl adjacent to an activating group) is 1. The maximum Gasteiger partial charge on any atom is 0.254 e. The van der Waals surface area contributed by atoms with Crippen LogP contribution in [0.15, 0.2) is 42.6 Å². The van der Waals surface area contributed by atoms with Gasteiger partial charge in [0.25, 0.3) is 5.91 Å². The highest BCUT2D eigenvalue weighted by Gasteiger charge is 2.20. The van der Waals surface area contributed by atoms with E-state index in [4.69, 9.17) is 14.7 Å². The molecule has 3 aromatic heterocycles. The standard InChI is InChI=1S/C30H39N7O2/c1-7-25-27(32-14-13-31-4)11-12-28(34-25)29-16-24(23-15-21(19-39-6)9-10-26(23)35-29)30(38)36(5)18-22-17-33-37(8-2)20(22)3/h9-12,15-17,31-32H,7-8,13-14,18-19H2,1-6H3. The number of ether oxygens (including phenoxy) is 1. The van der Waals surface area contributed by atoms with Gasteiger partial charge in [-0.1, -0.05) is 13.0 Å². The number of amides is 1. The Labute approximate surface area is 230 Å². The summed E-state index contributed by atoms with van der Waals surface area (Å²) in [5.74, 6) is -0.0806. The quantitative estimate of drug-likeness (QED) is 0.262. The Balaban J connectivity index is 1.75. The maximum absolute atomic E-state index is 13.9. The fourth-order valence-electron chi connectivity index (χ4n) is 4.73. The van der Waals surface area contributed by atoms with Crippen molar-refractivity contribution in [2.45, 2.75) is 46.9 Å². The molecule has 1 aromatic carbocycles. The highest BCUT2D eigenvalue weighted by atomic mass is 16.5. The molecule has 0 spiro atoms. The summed E-state index contributed by atoms with van der Waals surface area (Å²) in [5.41, 5.74) is 7.81. The van der Waals surface area contributed by atoms with Gasteiger partial charge < -0.3 is 20.3 Å². The minimum atomic E-state index is -0.0806. The van der Waals surface area contributed by atoms with Crippen molar-refractivity contribution >= 4 is 22.5 Å². The number of hydrogen-bond acceptors (Lipinski definition) is 7. The minimum absolute atomic E-state index is 0.0806. The lowest BCUT2D eigenvalue weighted by atomic mass is 10.0. The second kappa shape index (κ2) is 12.8. The number of anilines is 1. The van der Waals surface area contributed by atoms with Gasteiger partial charge in [0.2, 0.25) is 0 Å². The number of carbonyl (C=O) groups excluding carboxylic acids is 1. The van der Waals surface area contributed by atoms with E-state index in [1.807, 2.05) is 68.3 Å². The van der Waals surface area contributed by atoms with E-state index < -0.39 is 0 Å². The molecule has 0 unspecified atom stereocenters. The summed E-state index contributed by atoms with van der Waals surface area (Å²) < 4.78 is 7.29. The van der Waals surface area contributed by atoms with Crippen LogP contribution in [0.25, 0.3) is 22.3 Å². The first kappa shape index (κ1) is 28.2. The van der Waals surface area contributed by atoms with E-state index in [1.54, 1.807) is 12.0 Å². The van der Waals surface area contributed by atoms with Crippen LogP contribution >= 0.6 is 0 Å². The summed E-state index contributed by atoms with van der Waals surface area (Å²) in [6.45, 7) is 9.57.